The number of hydrogen-bond acceptors (Lipinski definition) is 2. The topological polar surface area (TPSA) is 33.4 Å². The molecular weight excluding hydrogens is 212 g/mol. The van der Waals surface area contributed by atoms with Crippen LogP contribution in [0, 0.1) is 6.92 Å². The third-order valence-electron chi connectivity index (χ3n) is 2.20. The van der Waals surface area contributed by atoms with Gasteiger partial charge in [-0.05, 0) is 31.2 Å². The molecule has 78 valence electrons. The second kappa shape index (κ2) is 4.09. The number of aryl methyl sites for hydroxylation is 1. The summed E-state index contributed by atoms with van der Waals surface area (Å²) in [6, 6.07) is 9.30. The molecule has 0 fully saturated rings. The van der Waals surface area contributed by atoms with E-state index in [9.17, 15) is 0 Å². The molecule has 2 rings (SSSR count). The number of furan rings is 1. The van der Waals surface area contributed by atoms with Crippen molar-refractivity contribution in [3.63, 3.8) is 0 Å². The second-order valence-corrected chi connectivity index (χ2v) is 3.81. The molecule has 1 N–H and O–H groups in total. The summed E-state index contributed by atoms with van der Waals surface area (Å²) in [4.78, 5) is 0. The van der Waals surface area contributed by atoms with Crippen LogP contribution in [0.25, 0.3) is 11.3 Å². The summed E-state index contributed by atoms with van der Waals surface area (Å²) in [5.41, 5.74) is 1.98. The molecule has 2 aromatic rings. The van der Waals surface area contributed by atoms with Gasteiger partial charge in [0.1, 0.15) is 18.1 Å². The first kappa shape index (κ1) is 10.3. The summed E-state index contributed by atoms with van der Waals surface area (Å²) in [7, 11) is 0. The zero-order chi connectivity index (χ0) is 10.8. The lowest BCUT2D eigenvalue weighted by Crippen LogP contribution is -1.79. The van der Waals surface area contributed by atoms with Crippen molar-refractivity contribution in [3.8, 4) is 11.3 Å². The standard InChI is InChI=1S/C12H11ClO2/c1-8-2-4-11(13)10(6-8)12-5-3-9(7-14)15-12/h2-6,14H,7H2,1H3. The summed E-state index contributed by atoms with van der Waals surface area (Å²) in [5, 5.41) is 9.55. The van der Waals surface area contributed by atoms with Crippen molar-refractivity contribution >= 4 is 11.6 Å². The Morgan fingerprint density at radius 2 is 2.07 bits per heavy atom. The Bertz CT molecular complexity index is 474. The summed E-state index contributed by atoms with van der Waals surface area (Å²) in [6.45, 7) is 1.90. The minimum atomic E-state index is -0.0938. The van der Waals surface area contributed by atoms with E-state index in [1.807, 2.05) is 31.2 Å². The van der Waals surface area contributed by atoms with Crippen LogP contribution in [0.3, 0.4) is 0 Å². The highest BCUT2D eigenvalue weighted by Gasteiger charge is 2.08. The Balaban J connectivity index is 2.48. The van der Waals surface area contributed by atoms with Gasteiger partial charge in [0, 0.05) is 5.56 Å². The Labute approximate surface area is 93.1 Å². The van der Waals surface area contributed by atoms with E-state index in [2.05, 4.69) is 0 Å². The van der Waals surface area contributed by atoms with Crippen molar-refractivity contribution in [3.05, 3.63) is 46.7 Å². The minimum absolute atomic E-state index is 0.0938. The number of hydrogen-bond donors (Lipinski definition) is 1. The normalized spacial score (nSPS) is 10.6. The van der Waals surface area contributed by atoms with Crippen LogP contribution in [0.4, 0.5) is 0 Å². The van der Waals surface area contributed by atoms with Gasteiger partial charge in [-0.1, -0.05) is 23.2 Å². The van der Waals surface area contributed by atoms with Crippen LogP contribution in [-0.4, -0.2) is 5.11 Å². The third kappa shape index (κ3) is 2.06. The van der Waals surface area contributed by atoms with Crippen LogP contribution in [0.1, 0.15) is 11.3 Å². The Morgan fingerprint density at radius 3 is 2.73 bits per heavy atom. The highest BCUT2D eigenvalue weighted by atomic mass is 35.5. The van der Waals surface area contributed by atoms with E-state index in [1.54, 1.807) is 6.07 Å². The lowest BCUT2D eigenvalue weighted by Gasteiger charge is -2.02. The number of aliphatic hydroxyl groups is 1. The number of halogens is 1. The van der Waals surface area contributed by atoms with E-state index < -0.39 is 0 Å². The Morgan fingerprint density at radius 1 is 1.27 bits per heavy atom. The minimum Gasteiger partial charge on any atom is -0.459 e. The molecule has 0 atom stereocenters. The van der Waals surface area contributed by atoms with Crippen LogP contribution in [0.15, 0.2) is 34.7 Å². The van der Waals surface area contributed by atoms with Crippen LogP contribution < -0.4 is 0 Å². The number of rotatable bonds is 2. The molecule has 0 amide bonds. The monoisotopic (exact) mass is 222 g/mol. The van der Waals surface area contributed by atoms with Gasteiger partial charge >= 0.3 is 0 Å². The van der Waals surface area contributed by atoms with Crippen molar-refractivity contribution in [2.24, 2.45) is 0 Å². The Kier molecular flexibility index (Phi) is 2.80. The molecule has 0 saturated heterocycles. The quantitative estimate of drug-likeness (QED) is 0.845. The van der Waals surface area contributed by atoms with Gasteiger partial charge in [0.05, 0.1) is 5.02 Å². The summed E-state index contributed by atoms with van der Waals surface area (Å²) in [6.07, 6.45) is 0. The highest BCUT2D eigenvalue weighted by Crippen LogP contribution is 2.30. The van der Waals surface area contributed by atoms with Crippen molar-refractivity contribution in [1.29, 1.82) is 0 Å². The molecule has 1 aromatic heterocycles. The van der Waals surface area contributed by atoms with E-state index >= 15 is 0 Å². The smallest absolute Gasteiger partial charge is 0.135 e. The van der Waals surface area contributed by atoms with Gasteiger partial charge in [-0.15, -0.1) is 0 Å². The molecule has 0 radical (unpaired) electrons. The largest absolute Gasteiger partial charge is 0.459 e. The molecular formula is C12H11ClO2. The first-order valence-electron chi connectivity index (χ1n) is 4.67. The lowest BCUT2D eigenvalue weighted by molar-refractivity contribution is 0.248. The highest BCUT2D eigenvalue weighted by molar-refractivity contribution is 6.33. The lowest BCUT2D eigenvalue weighted by atomic mass is 10.1. The fourth-order valence-electron chi connectivity index (χ4n) is 1.44. The van der Waals surface area contributed by atoms with Crippen molar-refractivity contribution in [2.75, 3.05) is 0 Å². The average Bonchev–Trinajstić information content (AvgIpc) is 2.70. The van der Waals surface area contributed by atoms with E-state index in [0.717, 1.165) is 11.1 Å². The SMILES string of the molecule is Cc1ccc(Cl)c(-c2ccc(CO)o2)c1. The molecule has 0 spiro atoms. The molecule has 15 heavy (non-hydrogen) atoms. The molecule has 0 unspecified atom stereocenters. The fourth-order valence-corrected chi connectivity index (χ4v) is 1.65. The van der Waals surface area contributed by atoms with E-state index in [0.29, 0.717) is 16.5 Å². The average molecular weight is 223 g/mol. The maximum atomic E-state index is 8.89. The first-order valence-corrected chi connectivity index (χ1v) is 5.04. The molecule has 0 saturated carbocycles. The van der Waals surface area contributed by atoms with Gasteiger partial charge in [0.2, 0.25) is 0 Å². The van der Waals surface area contributed by atoms with Gasteiger partial charge in [-0.2, -0.15) is 0 Å². The number of aliphatic hydroxyl groups excluding tert-OH is 1. The van der Waals surface area contributed by atoms with E-state index in [1.165, 1.54) is 0 Å². The van der Waals surface area contributed by atoms with Crippen molar-refractivity contribution in [1.82, 2.24) is 0 Å². The molecule has 3 heteroatoms. The van der Waals surface area contributed by atoms with Gasteiger partial charge in [-0.25, -0.2) is 0 Å². The first-order chi connectivity index (χ1) is 7.20. The Hall–Kier alpha value is -1.25. The summed E-state index contributed by atoms with van der Waals surface area (Å²) in [5.74, 6) is 1.23. The number of benzene rings is 1. The molecule has 0 aliphatic rings. The maximum absolute atomic E-state index is 8.89. The second-order valence-electron chi connectivity index (χ2n) is 3.41. The van der Waals surface area contributed by atoms with Crippen LogP contribution >= 0.6 is 11.6 Å². The van der Waals surface area contributed by atoms with Crippen molar-refractivity contribution < 1.29 is 9.52 Å². The van der Waals surface area contributed by atoms with E-state index in [-0.39, 0.29) is 6.61 Å². The fraction of sp³-hybridized carbons (Fsp3) is 0.167. The van der Waals surface area contributed by atoms with Gasteiger partial charge in [-0.3, -0.25) is 0 Å². The molecule has 2 nitrogen and oxygen atoms in total. The molecule has 0 aliphatic carbocycles. The molecule has 1 aromatic carbocycles. The summed E-state index contributed by atoms with van der Waals surface area (Å²) >= 11 is 6.06. The zero-order valence-electron chi connectivity index (χ0n) is 8.33. The van der Waals surface area contributed by atoms with Crippen LogP contribution in [0.2, 0.25) is 5.02 Å². The molecule has 0 aliphatic heterocycles. The van der Waals surface area contributed by atoms with Gasteiger partial charge < -0.3 is 9.52 Å². The van der Waals surface area contributed by atoms with Crippen molar-refractivity contribution in [2.45, 2.75) is 13.5 Å². The summed E-state index contributed by atoms with van der Waals surface area (Å²) < 4.78 is 5.42. The predicted octanol–water partition coefficient (Wildman–Crippen LogP) is 3.40. The maximum Gasteiger partial charge on any atom is 0.135 e. The zero-order valence-corrected chi connectivity index (χ0v) is 9.08. The van der Waals surface area contributed by atoms with Crippen LogP contribution in [-0.2, 0) is 6.61 Å². The predicted molar refractivity (Wildman–Crippen MR) is 59.8 cm³/mol. The third-order valence-corrected chi connectivity index (χ3v) is 2.53. The van der Waals surface area contributed by atoms with E-state index in [4.69, 9.17) is 21.1 Å². The van der Waals surface area contributed by atoms with Gasteiger partial charge in [0.25, 0.3) is 0 Å². The molecule has 0 bridgehead atoms. The van der Waals surface area contributed by atoms with Gasteiger partial charge in [0.15, 0.2) is 0 Å². The van der Waals surface area contributed by atoms with Crippen LogP contribution in [0.5, 0.6) is 0 Å². The molecule has 1 heterocycles.